The van der Waals surface area contributed by atoms with Crippen molar-refractivity contribution in [1.82, 2.24) is 19.8 Å². The SMILES string of the molecule is CN(Cc1nccn1C(F)F)C(=O)CCCNC(=O)c1ccsc1. The van der Waals surface area contributed by atoms with Crippen LogP contribution in [0, 0.1) is 0 Å². The molecule has 0 aliphatic rings. The summed E-state index contributed by atoms with van der Waals surface area (Å²) < 4.78 is 26.2. The minimum absolute atomic E-state index is 0.0113. The Bertz CT molecular complexity index is 673. The number of nitrogens with zero attached hydrogens (tertiary/aromatic N) is 3. The average Bonchev–Trinajstić information content (AvgIpc) is 3.22. The van der Waals surface area contributed by atoms with Gasteiger partial charge in [-0.15, -0.1) is 0 Å². The summed E-state index contributed by atoms with van der Waals surface area (Å²) in [4.78, 5) is 28.9. The highest BCUT2D eigenvalue weighted by Gasteiger charge is 2.16. The summed E-state index contributed by atoms with van der Waals surface area (Å²) >= 11 is 1.44. The normalized spacial score (nSPS) is 10.8. The van der Waals surface area contributed by atoms with Gasteiger partial charge in [0.25, 0.3) is 5.91 Å². The van der Waals surface area contributed by atoms with Crippen molar-refractivity contribution in [3.8, 4) is 0 Å². The van der Waals surface area contributed by atoms with E-state index in [9.17, 15) is 18.4 Å². The molecule has 0 spiro atoms. The van der Waals surface area contributed by atoms with E-state index in [1.807, 2.05) is 5.38 Å². The quantitative estimate of drug-likeness (QED) is 0.739. The summed E-state index contributed by atoms with van der Waals surface area (Å²) in [7, 11) is 1.54. The number of imidazole rings is 1. The van der Waals surface area contributed by atoms with E-state index in [1.165, 1.54) is 35.7 Å². The Morgan fingerprint density at radius 1 is 1.46 bits per heavy atom. The van der Waals surface area contributed by atoms with E-state index in [1.54, 1.807) is 11.4 Å². The Morgan fingerprint density at radius 2 is 2.25 bits per heavy atom. The molecule has 2 amide bonds. The first kappa shape index (κ1) is 18.1. The molecule has 0 aliphatic heterocycles. The van der Waals surface area contributed by atoms with Gasteiger partial charge in [0, 0.05) is 43.4 Å². The van der Waals surface area contributed by atoms with Crippen molar-refractivity contribution >= 4 is 23.2 Å². The highest BCUT2D eigenvalue weighted by molar-refractivity contribution is 7.08. The van der Waals surface area contributed by atoms with Crippen molar-refractivity contribution in [1.29, 1.82) is 0 Å². The highest BCUT2D eigenvalue weighted by atomic mass is 32.1. The third kappa shape index (κ3) is 4.85. The molecule has 24 heavy (non-hydrogen) atoms. The molecule has 0 fully saturated rings. The molecule has 6 nitrogen and oxygen atoms in total. The summed E-state index contributed by atoms with van der Waals surface area (Å²) in [5.74, 6) is -0.230. The van der Waals surface area contributed by atoms with Crippen LogP contribution < -0.4 is 5.32 Å². The van der Waals surface area contributed by atoms with Gasteiger partial charge in [-0.25, -0.2) is 4.98 Å². The van der Waals surface area contributed by atoms with E-state index in [0.717, 1.165) is 4.57 Å². The van der Waals surface area contributed by atoms with Crippen LogP contribution in [0.1, 0.15) is 35.6 Å². The van der Waals surface area contributed by atoms with Crippen LogP contribution in [0.4, 0.5) is 8.78 Å². The van der Waals surface area contributed by atoms with Crippen molar-refractivity contribution in [2.24, 2.45) is 0 Å². The highest BCUT2D eigenvalue weighted by Crippen LogP contribution is 2.14. The van der Waals surface area contributed by atoms with Crippen LogP contribution in [0.5, 0.6) is 0 Å². The summed E-state index contributed by atoms with van der Waals surface area (Å²) in [6, 6.07) is 1.73. The number of hydrogen-bond acceptors (Lipinski definition) is 4. The van der Waals surface area contributed by atoms with Crippen molar-refractivity contribution in [3.63, 3.8) is 0 Å². The second kappa shape index (κ2) is 8.53. The van der Waals surface area contributed by atoms with Gasteiger partial charge in [0.1, 0.15) is 5.82 Å². The Kier molecular flexibility index (Phi) is 6.42. The lowest BCUT2D eigenvalue weighted by atomic mass is 10.2. The number of rotatable bonds is 8. The lowest BCUT2D eigenvalue weighted by Crippen LogP contribution is -2.29. The third-order valence-corrected chi connectivity index (χ3v) is 4.08. The predicted molar refractivity (Wildman–Crippen MR) is 85.8 cm³/mol. The molecule has 2 aromatic rings. The smallest absolute Gasteiger partial charge is 0.319 e. The average molecular weight is 356 g/mol. The van der Waals surface area contributed by atoms with Crippen LogP contribution in [-0.2, 0) is 11.3 Å². The topological polar surface area (TPSA) is 67.2 Å². The minimum Gasteiger partial charge on any atom is -0.352 e. The largest absolute Gasteiger partial charge is 0.352 e. The molecule has 2 heterocycles. The van der Waals surface area contributed by atoms with Crippen molar-refractivity contribution < 1.29 is 18.4 Å². The van der Waals surface area contributed by atoms with E-state index in [0.29, 0.717) is 18.5 Å². The van der Waals surface area contributed by atoms with Crippen LogP contribution in [0.15, 0.2) is 29.2 Å². The maximum absolute atomic E-state index is 12.7. The molecule has 0 saturated heterocycles. The Labute approximate surface area is 142 Å². The Morgan fingerprint density at radius 3 is 2.92 bits per heavy atom. The van der Waals surface area contributed by atoms with Crippen molar-refractivity contribution in [2.75, 3.05) is 13.6 Å². The van der Waals surface area contributed by atoms with E-state index in [2.05, 4.69) is 10.3 Å². The lowest BCUT2D eigenvalue weighted by molar-refractivity contribution is -0.130. The molecule has 0 radical (unpaired) electrons. The molecule has 0 saturated carbocycles. The maximum atomic E-state index is 12.7. The van der Waals surface area contributed by atoms with Gasteiger partial charge in [-0.1, -0.05) is 0 Å². The second-order valence-corrected chi connectivity index (χ2v) is 5.93. The van der Waals surface area contributed by atoms with E-state index in [-0.39, 0.29) is 30.6 Å². The number of carbonyl (C=O) groups is 2. The van der Waals surface area contributed by atoms with Crippen LogP contribution in [-0.4, -0.2) is 39.9 Å². The van der Waals surface area contributed by atoms with Gasteiger partial charge in [0.05, 0.1) is 6.54 Å². The van der Waals surface area contributed by atoms with Crippen molar-refractivity contribution in [2.45, 2.75) is 25.9 Å². The zero-order valence-electron chi connectivity index (χ0n) is 13.1. The van der Waals surface area contributed by atoms with Gasteiger partial charge in [-0.2, -0.15) is 20.1 Å². The number of halogens is 2. The third-order valence-electron chi connectivity index (χ3n) is 3.40. The monoisotopic (exact) mass is 356 g/mol. The predicted octanol–water partition coefficient (Wildman–Crippen LogP) is 2.51. The molecule has 130 valence electrons. The van der Waals surface area contributed by atoms with Crippen molar-refractivity contribution in [3.05, 3.63) is 40.6 Å². The van der Waals surface area contributed by atoms with Gasteiger partial charge in [0.2, 0.25) is 5.91 Å². The van der Waals surface area contributed by atoms with Gasteiger partial charge in [-0.05, 0) is 17.9 Å². The number of nitrogens with one attached hydrogen (secondary N) is 1. The molecular weight excluding hydrogens is 338 g/mol. The molecule has 0 bridgehead atoms. The first-order valence-electron chi connectivity index (χ1n) is 7.33. The summed E-state index contributed by atoms with van der Waals surface area (Å²) in [5.41, 5.74) is 0.599. The zero-order valence-corrected chi connectivity index (χ0v) is 13.9. The van der Waals surface area contributed by atoms with Gasteiger partial charge < -0.3 is 10.2 Å². The number of carbonyl (C=O) groups excluding carboxylic acids is 2. The summed E-state index contributed by atoms with van der Waals surface area (Å²) in [6.45, 7) is -2.30. The molecule has 2 aromatic heterocycles. The number of aromatic nitrogens is 2. The van der Waals surface area contributed by atoms with E-state index in [4.69, 9.17) is 0 Å². The van der Waals surface area contributed by atoms with Crippen LogP contribution in [0.2, 0.25) is 0 Å². The Balaban J connectivity index is 1.72. The van der Waals surface area contributed by atoms with Crippen LogP contribution in [0.3, 0.4) is 0 Å². The molecule has 0 aromatic carbocycles. The summed E-state index contributed by atoms with van der Waals surface area (Å²) in [5, 5.41) is 6.30. The van der Waals surface area contributed by atoms with E-state index < -0.39 is 6.55 Å². The van der Waals surface area contributed by atoms with Gasteiger partial charge in [0.15, 0.2) is 0 Å². The molecule has 9 heteroatoms. The second-order valence-electron chi connectivity index (χ2n) is 5.15. The van der Waals surface area contributed by atoms with Gasteiger partial charge >= 0.3 is 6.55 Å². The maximum Gasteiger partial charge on any atom is 0.319 e. The molecule has 0 unspecified atom stereocenters. The minimum atomic E-state index is -2.68. The fourth-order valence-electron chi connectivity index (χ4n) is 2.07. The lowest BCUT2D eigenvalue weighted by Gasteiger charge is -2.17. The first-order valence-corrected chi connectivity index (χ1v) is 8.27. The standard InChI is InChI=1S/C15H18F2N4O2S/c1-20(9-12-18-6-7-21(12)15(16)17)13(22)3-2-5-19-14(23)11-4-8-24-10-11/h4,6-8,10,15H,2-3,5,9H2,1H3,(H,19,23). The van der Waals surface area contributed by atoms with E-state index >= 15 is 0 Å². The number of thiophene rings is 1. The molecular formula is C15H18F2N4O2S. The van der Waals surface area contributed by atoms with Crippen LogP contribution >= 0.6 is 11.3 Å². The number of hydrogen-bond donors (Lipinski definition) is 1. The zero-order chi connectivity index (χ0) is 17.5. The molecule has 1 N–H and O–H groups in total. The van der Waals surface area contributed by atoms with Crippen LogP contribution in [0.25, 0.3) is 0 Å². The summed E-state index contributed by atoms with van der Waals surface area (Å²) in [6.07, 6.45) is 3.15. The first-order chi connectivity index (χ1) is 11.5. The van der Waals surface area contributed by atoms with Gasteiger partial charge in [-0.3, -0.25) is 14.2 Å². The number of amides is 2. The molecule has 0 atom stereocenters. The Hall–Kier alpha value is -2.29. The number of alkyl halides is 2. The fourth-order valence-corrected chi connectivity index (χ4v) is 2.71. The molecule has 2 rings (SSSR count). The fraction of sp³-hybridized carbons (Fsp3) is 0.400. The molecule has 0 aliphatic carbocycles.